The van der Waals surface area contributed by atoms with Gasteiger partial charge in [0.15, 0.2) is 0 Å². The molecular weight excluding hydrogens is 268 g/mol. The Balaban J connectivity index is 4.15. The van der Waals surface area contributed by atoms with Crippen LogP contribution in [0.3, 0.4) is 0 Å². The van der Waals surface area contributed by atoms with Crippen LogP contribution in [0, 0.1) is 0 Å². The van der Waals surface area contributed by atoms with Crippen molar-refractivity contribution in [2.24, 2.45) is 0 Å². The lowest BCUT2D eigenvalue weighted by atomic mass is 10.1. The van der Waals surface area contributed by atoms with Crippen LogP contribution in [-0.2, 0) is 10.0 Å². The summed E-state index contributed by atoms with van der Waals surface area (Å²) >= 11 is 3.14. The molecule has 0 aliphatic carbocycles. The average molecular weight is 287 g/mol. The van der Waals surface area contributed by atoms with Gasteiger partial charge in [0.1, 0.15) is 4.16 Å². The normalized spacial score (nSPS) is 15.5. The van der Waals surface area contributed by atoms with Gasteiger partial charge in [-0.15, -0.1) is 0 Å². The molecule has 2 N–H and O–H groups in total. The maximum Gasteiger partial charge on any atom is 0.225 e. The molecule has 0 heterocycles. The zero-order valence-corrected chi connectivity index (χ0v) is 11.5. The molecule has 0 aliphatic heterocycles. The molecule has 0 fully saturated rings. The van der Waals surface area contributed by atoms with E-state index in [1.807, 2.05) is 20.8 Å². The van der Waals surface area contributed by atoms with E-state index >= 15 is 0 Å². The van der Waals surface area contributed by atoms with E-state index in [0.29, 0.717) is 13.1 Å². The van der Waals surface area contributed by atoms with Crippen molar-refractivity contribution < 1.29 is 8.42 Å². The van der Waals surface area contributed by atoms with Gasteiger partial charge in [-0.1, -0.05) is 22.9 Å². The van der Waals surface area contributed by atoms with Crippen molar-refractivity contribution in [1.82, 2.24) is 10.0 Å². The fraction of sp³-hybridized carbons (Fsp3) is 1.00. The molecule has 4 nitrogen and oxygen atoms in total. The SMILES string of the molecule is CCNS(=O)(=O)C(Br)CNC(C)(C)C. The minimum absolute atomic E-state index is 0.0756. The van der Waals surface area contributed by atoms with Gasteiger partial charge in [-0.25, -0.2) is 13.1 Å². The minimum atomic E-state index is -3.23. The summed E-state index contributed by atoms with van der Waals surface area (Å²) < 4.78 is 24.8. The van der Waals surface area contributed by atoms with Gasteiger partial charge in [0, 0.05) is 18.6 Å². The highest BCUT2D eigenvalue weighted by Crippen LogP contribution is 2.08. The van der Waals surface area contributed by atoms with E-state index in [1.165, 1.54) is 0 Å². The van der Waals surface area contributed by atoms with Crippen LogP contribution in [-0.4, -0.2) is 31.2 Å². The molecule has 0 bridgehead atoms. The predicted molar refractivity (Wildman–Crippen MR) is 63.1 cm³/mol. The lowest BCUT2D eigenvalue weighted by molar-refractivity contribution is 0.435. The topological polar surface area (TPSA) is 58.2 Å². The van der Waals surface area contributed by atoms with Crippen LogP contribution in [0.4, 0.5) is 0 Å². The Morgan fingerprint density at radius 3 is 2.21 bits per heavy atom. The van der Waals surface area contributed by atoms with Gasteiger partial charge in [0.05, 0.1) is 0 Å². The van der Waals surface area contributed by atoms with E-state index in [9.17, 15) is 8.42 Å². The quantitative estimate of drug-likeness (QED) is 0.743. The molecule has 0 rings (SSSR count). The van der Waals surface area contributed by atoms with E-state index in [1.54, 1.807) is 6.92 Å². The number of nitrogens with one attached hydrogen (secondary N) is 2. The number of halogens is 1. The van der Waals surface area contributed by atoms with Crippen molar-refractivity contribution in [3.63, 3.8) is 0 Å². The first-order chi connectivity index (χ1) is 6.19. The summed E-state index contributed by atoms with van der Waals surface area (Å²) in [4.78, 5) is 0. The van der Waals surface area contributed by atoms with Crippen LogP contribution in [0.15, 0.2) is 0 Å². The van der Waals surface area contributed by atoms with Gasteiger partial charge in [0.2, 0.25) is 10.0 Å². The maximum absolute atomic E-state index is 11.4. The Bertz CT molecular complexity index is 259. The standard InChI is InChI=1S/C8H19BrN2O2S/c1-5-11-14(12,13)7(9)6-10-8(2,3)4/h7,10-11H,5-6H2,1-4H3. The third-order valence-corrected chi connectivity index (χ3v) is 4.81. The second-order valence-corrected chi connectivity index (χ2v) is 7.74. The molecule has 0 aromatic carbocycles. The summed E-state index contributed by atoms with van der Waals surface area (Å²) in [5.74, 6) is 0. The maximum atomic E-state index is 11.4. The first-order valence-electron chi connectivity index (χ1n) is 4.56. The molecule has 0 aromatic rings. The largest absolute Gasteiger partial charge is 0.310 e. The van der Waals surface area contributed by atoms with Crippen molar-refractivity contribution in [2.75, 3.05) is 13.1 Å². The van der Waals surface area contributed by atoms with Crippen molar-refractivity contribution >= 4 is 26.0 Å². The summed E-state index contributed by atoms with van der Waals surface area (Å²) in [7, 11) is -3.23. The summed E-state index contributed by atoms with van der Waals surface area (Å²) in [6.45, 7) is 8.54. The van der Waals surface area contributed by atoms with Crippen LogP contribution >= 0.6 is 15.9 Å². The van der Waals surface area contributed by atoms with Gasteiger partial charge in [-0.05, 0) is 20.8 Å². The average Bonchev–Trinajstić information content (AvgIpc) is 1.98. The van der Waals surface area contributed by atoms with Gasteiger partial charge < -0.3 is 5.32 Å². The first-order valence-corrected chi connectivity index (χ1v) is 7.03. The van der Waals surface area contributed by atoms with Crippen LogP contribution in [0.25, 0.3) is 0 Å². The molecular formula is C8H19BrN2O2S. The third-order valence-electron chi connectivity index (χ3n) is 1.48. The second kappa shape index (κ2) is 5.44. The Kier molecular flexibility index (Phi) is 5.57. The molecule has 0 saturated heterocycles. The van der Waals surface area contributed by atoms with Gasteiger partial charge in [-0.3, -0.25) is 0 Å². The van der Waals surface area contributed by atoms with Crippen molar-refractivity contribution in [3.8, 4) is 0 Å². The van der Waals surface area contributed by atoms with E-state index < -0.39 is 14.2 Å². The summed E-state index contributed by atoms with van der Waals surface area (Å²) in [5, 5.41) is 3.12. The van der Waals surface area contributed by atoms with E-state index in [4.69, 9.17) is 0 Å². The van der Waals surface area contributed by atoms with E-state index in [0.717, 1.165) is 0 Å². The molecule has 0 aliphatic rings. The van der Waals surface area contributed by atoms with Gasteiger partial charge >= 0.3 is 0 Å². The van der Waals surface area contributed by atoms with Gasteiger partial charge in [-0.2, -0.15) is 0 Å². The van der Waals surface area contributed by atoms with Gasteiger partial charge in [0.25, 0.3) is 0 Å². The lowest BCUT2D eigenvalue weighted by Crippen LogP contribution is -2.44. The number of hydrogen-bond donors (Lipinski definition) is 2. The minimum Gasteiger partial charge on any atom is -0.310 e. The summed E-state index contributed by atoms with van der Waals surface area (Å²) in [6, 6.07) is 0. The fourth-order valence-electron chi connectivity index (χ4n) is 0.788. The number of hydrogen-bond acceptors (Lipinski definition) is 3. The first kappa shape index (κ1) is 14.3. The summed E-state index contributed by atoms with van der Waals surface area (Å²) in [5.41, 5.74) is -0.0756. The van der Waals surface area contributed by atoms with Crippen LogP contribution in [0.2, 0.25) is 0 Å². The second-order valence-electron chi connectivity index (χ2n) is 4.08. The fourth-order valence-corrected chi connectivity index (χ4v) is 2.23. The molecule has 6 heteroatoms. The van der Waals surface area contributed by atoms with Crippen LogP contribution < -0.4 is 10.0 Å². The Morgan fingerprint density at radius 1 is 1.36 bits per heavy atom. The molecule has 0 saturated carbocycles. The highest BCUT2D eigenvalue weighted by molar-refractivity contribution is 9.11. The van der Waals surface area contributed by atoms with Crippen molar-refractivity contribution in [1.29, 1.82) is 0 Å². The zero-order chi connectivity index (χ0) is 11.4. The molecule has 0 aromatic heterocycles. The van der Waals surface area contributed by atoms with E-state index in [2.05, 4.69) is 26.0 Å². The smallest absolute Gasteiger partial charge is 0.225 e. The highest BCUT2D eigenvalue weighted by atomic mass is 79.9. The third kappa shape index (κ3) is 5.95. The van der Waals surface area contributed by atoms with Crippen molar-refractivity contribution in [3.05, 3.63) is 0 Å². The van der Waals surface area contributed by atoms with Crippen molar-refractivity contribution in [2.45, 2.75) is 37.4 Å². The monoisotopic (exact) mass is 286 g/mol. The molecule has 0 spiro atoms. The predicted octanol–water partition coefficient (Wildman–Crippen LogP) is 1.03. The lowest BCUT2D eigenvalue weighted by Gasteiger charge is -2.22. The molecule has 1 unspecified atom stereocenters. The Hall–Kier alpha value is 0.350. The number of alkyl halides is 1. The highest BCUT2D eigenvalue weighted by Gasteiger charge is 2.22. The molecule has 0 radical (unpaired) electrons. The van der Waals surface area contributed by atoms with E-state index in [-0.39, 0.29) is 5.54 Å². The number of rotatable bonds is 5. The molecule has 14 heavy (non-hydrogen) atoms. The number of sulfonamides is 1. The zero-order valence-electron chi connectivity index (χ0n) is 9.09. The summed E-state index contributed by atoms with van der Waals surface area (Å²) in [6.07, 6.45) is 0. The molecule has 0 amide bonds. The molecule has 1 atom stereocenters. The van der Waals surface area contributed by atoms with Crippen LogP contribution in [0.1, 0.15) is 27.7 Å². The van der Waals surface area contributed by atoms with Crippen LogP contribution in [0.5, 0.6) is 0 Å². The Labute approximate surface area is 95.0 Å². The Morgan fingerprint density at radius 2 is 1.86 bits per heavy atom. The molecule has 86 valence electrons.